The molecule has 5 nitrogen and oxygen atoms in total. The smallest absolute Gasteiger partial charge is 0.243 e. The number of hydrogen-bond acceptors (Lipinski definition) is 3. The largest absolute Gasteiger partial charge is 0.340 e. The maximum absolute atomic E-state index is 13.2. The summed E-state index contributed by atoms with van der Waals surface area (Å²) in [5.74, 6) is -0.401. The molecule has 0 unspecified atom stereocenters. The van der Waals surface area contributed by atoms with Gasteiger partial charge in [0.1, 0.15) is 5.82 Å². The lowest BCUT2D eigenvalue weighted by atomic mass is 9.91. The van der Waals surface area contributed by atoms with E-state index in [2.05, 4.69) is 0 Å². The van der Waals surface area contributed by atoms with Crippen LogP contribution < -0.4 is 0 Å². The molecule has 0 aliphatic carbocycles. The van der Waals surface area contributed by atoms with Gasteiger partial charge in [-0.1, -0.05) is 20.8 Å². The molecule has 1 aliphatic rings. The molecule has 0 aromatic heterocycles. The summed E-state index contributed by atoms with van der Waals surface area (Å²) in [5.41, 5.74) is 0.298. The van der Waals surface area contributed by atoms with Crippen molar-refractivity contribution in [3.63, 3.8) is 0 Å². The van der Waals surface area contributed by atoms with Crippen molar-refractivity contribution in [1.29, 1.82) is 0 Å². The first-order valence-electron chi connectivity index (χ1n) is 8.05. The zero-order valence-electron chi connectivity index (χ0n) is 14.7. The van der Waals surface area contributed by atoms with Crippen LogP contribution in [0.3, 0.4) is 0 Å². The van der Waals surface area contributed by atoms with Crippen LogP contribution in [0.5, 0.6) is 0 Å². The van der Waals surface area contributed by atoms with Gasteiger partial charge in [0, 0.05) is 32.6 Å². The molecule has 1 fully saturated rings. The molecule has 0 spiro atoms. The lowest BCUT2D eigenvalue weighted by Crippen LogP contribution is -2.51. The SMILES string of the molecule is Cc1cc(F)ccc1S(=O)(=O)N1CCN(C(=O)CC(C)(C)C)CC1. The van der Waals surface area contributed by atoms with Crippen LogP contribution in [-0.2, 0) is 14.8 Å². The summed E-state index contributed by atoms with van der Waals surface area (Å²) in [6, 6.07) is 3.68. The molecule has 0 radical (unpaired) electrons. The summed E-state index contributed by atoms with van der Waals surface area (Å²) < 4.78 is 40.0. The first kappa shape index (κ1) is 18.9. The lowest BCUT2D eigenvalue weighted by molar-refractivity contribution is -0.134. The number of aryl methyl sites for hydroxylation is 1. The third-order valence-electron chi connectivity index (χ3n) is 4.03. The average molecular weight is 356 g/mol. The van der Waals surface area contributed by atoms with Gasteiger partial charge in [0.2, 0.25) is 15.9 Å². The molecule has 2 rings (SSSR count). The lowest BCUT2D eigenvalue weighted by Gasteiger charge is -2.35. The number of benzene rings is 1. The van der Waals surface area contributed by atoms with Gasteiger partial charge in [-0.05, 0) is 36.1 Å². The summed E-state index contributed by atoms with van der Waals surface area (Å²) >= 11 is 0. The molecule has 0 N–H and O–H groups in total. The number of hydrogen-bond donors (Lipinski definition) is 0. The molecule has 1 aromatic carbocycles. The number of carbonyl (C=O) groups is 1. The Morgan fingerprint density at radius 3 is 2.25 bits per heavy atom. The number of nitrogens with zero attached hydrogens (tertiary/aromatic N) is 2. The van der Waals surface area contributed by atoms with Crippen LogP contribution in [0.2, 0.25) is 0 Å². The van der Waals surface area contributed by atoms with Crippen molar-refractivity contribution in [1.82, 2.24) is 9.21 Å². The van der Waals surface area contributed by atoms with Gasteiger partial charge in [-0.2, -0.15) is 4.31 Å². The van der Waals surface area contributed by atoms with Gasteiger partial charge in [0.05, 0.1) is 4.90 Å². The van der Waals surface area contributed by atoms with E-state index in [1.165, 1.54) is 16.4 Å². The van der Waals surface area contributed by atoms with Gasteiger partial charge in [0.25, 0.3) is 0 Å². The number of sulfonamides is 1. The quantitative estimate of drug-likeness (QED) is 0.836. The van der Waals surface area contributed by atoms with Crippen molar-refractivity contribution in [3.05, 3.63) is 29.6 Å². The maximum Gasteiger partial charge on any atom is 0.243 e. The maximum atomic E-state index is 13.2. The highest BCUT2D eigenvalue weighted by Crippen LogP contribution is 2.24. The number of amides is 1. The molecular weight excluding hydrogens is 331 g/mol. The minimum atomic E-state index is -3.67. The van der Waals surface area contributed by atoms with Gasteiger partial charge in [-0.15, -0.1) is 0 Å². The van der Waals surface area contributed by atoms with Crippen molar-refractivity contribution >= 4 is 15.9 Å². The molecule has 0 saturated carbocycles. The second kappa shape index (κ2) is 6.80. The number of halogens is 1. The van der Waals surface area contributed by atoms with Crippen molar-refractivity contribution in [2.45, 2.75) is 39.0 Å². The van der Waals surface area contributed by atoms with E-state index >= 15 is 0 Å². The molecule has 1 amide bonds. The molecule has 1 aromatic rings. The molecule has 1 saturated heterocycles. The Morgan fingerprint density at radius 2 is 1.75 bits per heavy atom. The highest BCUT2D eigenvalue weighted by molar-refractivity contribution is 7.89. The van der Waals surface area contributed by atoms with Crippen LogP contribution in [0.4, 0.5) is 4.39 Å². The van der Waals surface area contributed by atoms with E-state index in [1.807, 2.05) is 20.8 Å². The fourth-order valence-electron chi connectivity index (χ4n) is 2.78. The van der Waals surface area contributed by atoms with Gasteiger partial charge in [-0.25, -0.2) is 12.8 Å². The van der Waals surface area contributed by atoms with E-state index < -0.39 is 15.8 Å². The molecule has 0 bridgehead atoms. The Hall–Kier alpha value is -1.47. The second-order valence-corrected chi connectivity index (χ2v) is 9.34. The molecule has 24 heavy (non-hydrogen) atoms. The number of carbonyl (C=O) groups excluding carboxylic acids is 1. The number of piperazine rings is 1. The topological polar surface area (TPSA) is 57.7 Å². The molecular formula is C17H25FN2O3S. The van der Waals surface area contributed by atoms with E-state index in [1.54, 1.807) is 11.8 Å². The predicted molar refractivity (Wildman–Crippen MR) is 90.5 cm³/mol. The van der Waals surface area contributed by atoms with E-state index in [4.69, 9.17) is 0 Å². The highest BCUT2D eigenvalue weighted by atomic mass is 32.2. The predicted octanol–water partition coefficient (Wildman–Crippen LogP) is 2.40. The zero-order valence-corrected chi connectivity index (χ0v) is 15.5. The first-order chi connectivity index (χ1) is 11.0. The van der Waals surface area contributed by atoms with Crippen LogP contribution in [0.15, 0.2) is 23.1 Å². The molecule has 1 heterocycles. The standard InChI is InChI=1S/C17H25FN2O3S/c1-13-11-14(18)5-6-15(13)24(22,23)20-9-7-19(8-10-20)16(21)12-17(2,3)4/h5-6,11H,7-10,12H2,1-4H3. The van der Waals surface area contributed by atoms with Crippen LogP contribution in [0, 0.1) is 18.2 Å². The van der Waals surface area contributed by atoms with Crippen molar-refractivity contribution in [3.8, 4) is 0 Å². The zero-order chi connectivity index (χ0) is 18.1. The summed E-state index contributed by atoms with van der Waals surface area (Å²) in [4.78, 5) is 14.1. The first-order valence-corrected chi connectivity index (χ1v) is 9.49. The van der Waals surface area contributed by atoms with E-state index in [0.29, 0.717) is 25.1 Å². The molecule has 0 atom stereocenters. The summed E-state index contributed by atoms with van der Waals surface area (Å²) in [6.45, 7) is 8.88. The Balaban J connectivity index is 2.07. The summed E-state index contributed by atoms with van der Waals surface area (Å²) in [7, 11) is -3.67. The normalized spacial score (nSPS) is 17.1. The van der Waals surface area contributed by atoms with Crippen LogP contribution in [0.25, 0.3) is 0 Å². The minimum Gasteiger partial charge on any atom is -0.340 e. The molecule has 7 heteroatoms. The summed E-state index contributed by atoms with van der Waals surface area (Å²) in [6.07, 6.45) is 0.441. The van der Waals surface area contributed by atoms with Gasteiger partial charge in [-0.3, -0.25) is 4.79 Å². The Bertz CT molecular complexity index is 718. The third kappa shape index (κ3) is 4.33. The van der Waals surface area contributed by atoms with Gasteiger partial charge < -0.3 is 4.90 Å². The third-order valence-corrected chi connectivity index (χ3v) is 6.09. The van der Waals surface area contributed by atoms with Crippen LogP contribution in [0.1, 0.15) is 32.8 Å². The van der Waals surface area contributed by atoms with Crippen LogP contribution >= 0.6 is 0 Å². The number of rotatable bonds is 3. The minimum absolute atomic E-state index is 0.0533. The fourth-order valence-corrected chi connectivity index (χ4v) is 4.41. The monoisotopic (exact) mass is 356 g/mol. The average Bonchev–Trinajstić information content (AvgIpc) is 2.45. The fraction of sp³-hybridized carbons (Fsp3) is 0.588. The van der Waals surface area contributed by atoms with Crippen molar-refractivity contribution < 1.29 is 17.6 Å². The Labute approximate surface area is 143 Å². The second-order valence-electron chi connectivity index (χ2n) is 7.43. The molecule has 1 aliphatic heterocycles. The van der Waals surface area contributed by atoms with Crippen molar-refractivity contribution in [2.24, 2.45) is 5.41 Å². The van der Waals surface area contributed by atoms with E-state index in [9.17, 15) is 17.6 Å². The highest BCUT2D eigenvalue weighted by Gasteiger charge is 2.31. The van der Waals surface area contributed by atoms with Gasteiger partial charge >= 0.3 is 0 Å². The summed E-state index contributed by atoms with van der Waals surface area (Å²) in [5, 5.41) is 0. The molecule has 134 valence electrons. The Kier molecular flexibility index (Phi) is 5.34. The van der Waals surface area contributed by atoms with Crippen LogP contribution in [-0.4, -0.2) is 49.7 Å². The Morgan fingerprint density at radius 1 is 1.17 bits per heavy atom. The van der Waals surface area contributed by atoms with Gasteiger partial charge in [0.15, 0.2) is 0 Å². The van der Waals surface area contributed by atoms with Crippen molar-refractivity contribution in [2.75, 3.05) is 26.2 Å². The van der Waals surface area contributed by atoms with E-state index in [0.717, 1.165) is 6.07 Å². The van der Waals surface area contributed by atoms with E-state index in [-0.39, 0.29) is 29.3 Å².